The second-order valence-electron chi connectivity index (χ2n) is 7.98. The van der Waals surface area contributed by atoms with E-state index in [1.807, 2.05) is 49.4 Å². The summed E-state index contributed by atoms with van der Waals surface area (Å²) in [5.74, 6) is 1.26. The van der Waals surface area contributed by atoms with Gasteiger partial charge in [0.2, 0.25) is 5.78 Å². The Kier molecular flexibility index (Phi) is 6.14. The molecule has 1 aliphatic heterocycles. The summed E-state index contributed by atoms with van der Waals surface area (Å²) >= 11 is 12.5. The molecule has 5 rings (SSSR count). The molecule has 0 N–H and O–H groups in total. The normalized spacial score (nSPS) is 13.6. The first-order chi connectivity index (χ1) is 16.5. The Labute approximate surface area is 208 Å². The zero-order valence-corrected chi connectivity index (χ0v) is 19.9. The second kappa shape index (κ2) is 9.38. The van der Waals surface area contributed by atoms with E-state index in [1.54, 1.807) is 36.4 Å². The van der Waals surface area contributed by atoms with Gasteiger partial charge >= 0.3 is 0 Å². The molecule has 5 heteroatoms. The van der Waals surface area contributed by atoms with Crippen molar-refractivity contribution in [3.63, 3.8) is 0 Å². The van der Waals surface area contributed by atoms with Crippen molar-refractivity contribution in [1.82, 2.24) is 0 Å². The average Bonchev–Trinajstić information content (AvgIpc) is 3.17. The molecule has 0 aliphatic carbocycles. The number of ether oxygens (including phenoxy) is 2. The van der Waals surface area contributed by atoms with Crippen molar-refractivity contribution in [1.29, 1.82) is 0 Å². The van der Waals surface area contributed by atoms with Gasteiger partial charge in [-0.15, -0.1) is 0 Å². The minimum atomic E-state index is -0.147. The van der Waals surface area contributed by atoms with E-state index >= 15 is 0 Å². The number of carbonyl (C=O) groups excluding carboxylic acids is 1. The van der Waals surface area contributed by atoms with Crippen LogP contribution in [0.3, 0.4) is 0 Å². The molecule has 3 nitrogen and oxygen atoms in total. The van der Waals surface area contributed by atoms with Gasteiger partial charge in [0.15, 0.2) is 5.76 Å². The zero-order chi connectivity index (χ0) is 23.7. The smallest absolute Gasteiger partial charge is 0.231 e. The standard InChI is InChI=1S/C29H20Cl2O3/c1-18-26(33-17-23-24(30)8-5-9-25(23)31)15-14-22-28(32)27(34-29(18)22)16-19-10-12-21(13-11-19)20-6-3-2-4-7-20/h2-16H,17H2,1H3/b27-16-. The van der Waals surface area contributed by atoms with Crippen LogP contribution in [-0.4, -0.2) is 5.78 Å². The van der Waals surface area contributed by atoms with E-state index in [2.05, 4.69) is 12.1 Å². The number of rotatable bonds is 5. The minimum absolute atomic E-state index is 0.147. The molecule has 168 valence electrons. The second-order valence-corrected chi connectivity index (χ2v) is 8.80. The fourth-order valence-electron chi connectivity index (χ4n) is 3.90. The van der Waals surface area contributed by atoms with Crippen LogP contribution in [0.1, 0.15) is 27.0 Å². The van der Waals surface area contributed by atoms with Crippen LogP contribution in [-0.2, 0) is 6.61 Å². The maximum atomic E-state index is 13.0. The van der Waals surface area contributed by atoms with Crippen molar-refractivity contribution in [3.8, 4) is 22.6 Å². The van der Waals surface area contributed by atoms with Gasteiger partial charge in [0.25, 0.3) is 0 Å². The van der Waals surface area contributed by atoms with Gasteiger partial charge in [0, 0.05) is 21.2 Å². The molecule has 0 spiro atoms. The summed E-state index contributed by atoms with van der Waals surface area (Å²) in [5, 5.41) is 1.09. The number of allylic oxidation sites excluding steroid dienone is 1. The first-order valence-corrected chi connectivity index (χ1v) is 11.6. The highest BCUT2D eigenvalue weighted by atomic mass is 35.5. The molecule has 1 heterocycles. The van der Waals surface area contributed by atoms with Crippen LogP contribution in [0.15, 0.2) is 90.7 Å². The number of ketones is 1. The maximum Gasteiger partial charge on any atom is 0.231 e. The number of halogens is 2. The lowest BCUT2D eigenvalue weighted by molar-refractivity contribution is 0.101. The van der Waals surface area contributed by atoms with E-state index in [0.717, 1.165) is 22.3 Å². The van der Waals surface area contributed by atoms with Crippen LogP contribution in [0.2, 0.25) is 10.0 Å². The largest absolute Gasteiger partial charge is 0.488 e. The molecule has 1 aliphatic rings. The van der Waals surface area contributed by atoms with Crippen molar-refractivity contribution in [2.75, 3.05) is 0 Å². The molecule has 0 saturated heterocycles. The molecule has 0 saturated carbocycles. The number of hydrogen-bond donors (Lipinski definition) is 0. The molecule has 0 unspecified atom stereocenters. The highest BCUT2D eigenvalue weighted by molar-refractivity contribution is 6.35. The first-order valence-electron chi connectivity index (χ1n) is 10.8. The van der Waals surface area contributed by atoms with Crippen molar-refractivity contribution >= 4 is 35.1 Å². The molecular formula is C29H20Cl2O3. The molecule has 0 amide bonds. The highest BCUT2D eigenvalue weighted by Crippen LogP contribution is 2.40. The molecule has 4 aromatic rings. The Balaban J connectivity index is 1.36. The Morgan fingerprint density at radius 1 is 0.824 bits per heavy atom. The lowest BCUT2D eigenvalue weighted by Crippen LogP contribution is -2.00. The summed E-state index contributed by atoms with van der Waals surface area (Å²) in [6, 6.07) is 27.0. The van der Waals surface area contributed by atoms with E-state index in [0.29, 0.717) is 32.7 Å². The van der Waals surface area contributed by atoms with E-state index < -0.39 is 0 Å². The third kappa shape index (κ3) is 4.33. The van der Waals surface area contributed by atoms with Crippen LogP contribution < -0.4 is 9.47 Å². The number of fused-ring (bicyclic) bond motifs is 1. The number of benzene rings is 4. The van der Waals surface area contributed by atoms with Crippen molar-refractivity contribution in [2.45, 2.75) is 13.5 Å². The molecule has 4 aromatic carbocycles. The van der Waals surface area contributed by atoms with Crippen LogP contribution >= 0.6 is 23.2 Å². The van der Waals surface area contributed by atoms with Gasteiger partial charge in [0.1, 0.15) is 18.1 Å². The lowest BCUT2D eigenvalue weighted by atomic mass is 10.0. The Morgan fingerprint density at radius 3 is 2.21 bits per heavy atom. The van der Waals surface area contributed by atoms with Gasteiger partial charge in [-0.25, -0.2) is 0 Å². The molecule has 0 fully saturated rings. The van der Waals surface area contributed by atoms with Crippen molar-refractivity contribution in [2.24, 2.45) is 0 Å². The predicted octanol–water partition coefficient (Wildman–Crippen LogP) is 8.16. The molecular weight excluding hydrogens is 467 g/mol. The number of carbonyl (C=O) groups is 1. The van der Waals surface area contributed by atoms with Gasteiger partial charge in [-0.05, 0) is 54.0 Å². The summed E-state index contributed by atoms with van der Waals surface area (Å²) in [6.07, 6.45) is 1.76. The van der Waals surface area contributed by atoms with Crippen molar-refractivity contribution < 1.29 is 14.3 Å². The predicted molar refractivity (Wildman–Crippen MR) is 137 cm³/mol. The van der Waals surface area contributed by atoms with Gasteiger partial charge in [0.05, 0.1) is 5.56 Å². The van der Waals surface area contributed by atoms with Crippen LogP contribution in [0.5, 0.6) is 11.5 Å². The van der Waals surface area contributed by atoms with E-state index in [4.69, 9.17) is 32.7 Å². The van der Waals surface area contributed by atoms with E-state index in [9.17, 15) is 4.79 Å². The summed E-state index contributed by atoms with van der Waals surface area (Å²) in [4.78, 5) is 13.0. The first kappa shape index (κ1) is 22.3. The lowest BCUT2D eigenvalue weighted by Gasteiger charge is -2.13. The zero-order valence-electron chi connectivity index (χ0n) is 18.3. The number of hydrogen-bond acceptors (Lipinski definition) is 3. The minimum Gasteiger partial charge on any atom is -0.488 e. The van der Waals surface area contributed by atoms with Crippen LogP contribution in [0.25, 0.3) is 17.2 Å². The molecule has 34 heavy (non-hydrogen) atoms. The highest BCUT2D eigenvalue weighted by Gasteiger charge is 2.30. The fraction of sp³-hybridized carbons (Fsp3) is 0.0690. The van der Waals surface area contributed by atoms with Crippen LogP contribution in [0.4, 0.5) is 0 Å². The monoisotopic (exact) mass is 486 g/mol. The third-order valence-electron chi connectivity index (χ3n) is 5.79. The molecule has 0 atom stereocenters. The maximum absolute atomic E-state index is 13.0. The van der Waals surface area contributed by atoms with Crippen LogP contribution in [0, 0.1) is 6.92 Å². The fourth-order valence-corrected chi connectivity index (χ4v) is 4.40. The molecule has 0 aromatic heterocycles. The van der Waals surface area contributed by atoms with Crippen molar-refractivity contribution in [3.05, 3.63) is 123 Å². The van der Waals surface area contributed by atoms with Gasteiger partial charge in [-0.1, -0.05) is 83.9 Å². The Bertz CT molecular complexity index is 1390. The Hall–Kier alpha value is -3.53. The molecule has 0 radical (unpaired) electrons. The topological polar surface area (TPSA) is 35.5 Å². The summed E-state index contributed by atoms with van der Waals surface area (Å²) in [5.41, 5.74) is 5.12. The molecule has 0 bridgehead atoms. The third-order valence-corrected chi connectivity index (χ3v) is 6.49. The summed E-state index contributed by atoms with van der Waals surface area (Å²) in [6.45, 7) is 2.08. The van der Waals surface area contributed by atoms with E-state index in [1.165, 1.54) is 0 Å². The Morgan fingerprint density at radius 2 is 1.50 bits per heavy atom. The summed E-state index contributed by atoms with van der Waals surface area (Å²) in [7, 11) is 0. The van der Waals surface area contributed by atoms with Gasteiger partial charge in [-0.3, -0.25) is 4.79 Å². The summed E-state index contributed by atoms with van der Waals surface area (Å²) < 4.78 is 12.0. The SMILES string of the molecule is Cc1c(OCc2c(Cl)cccc2Cl)ccc2c1O/C(=C\c1ccc(-c3ccccc3)cc1)C2=O. The quantitative estimate of drug-likeness (QED) is 0.267. The average molecular weight is 487 g/mol. The van der Waals surface area contributed by atoms with E-state index in [-0.39, 0.29) is 18.1 Å². The van der Waals surface area contributed by atoms with Gasteiger partial charge < -0.3 is 9.47 Å². The number of Topliss-reactive ketones (excluding diaryl/α,β-unsaturated/α-hetero) is 1. The van der Waals surface area contributed by atoms with Gasteiger partial charge in [-0.2, -0.15) is 0 Å².